The molecule has 104 valence electrons. The molecule has 1 atom stereocenters. The van der Waals surface area contributed by atoms with Crippen LogP contribution >= 0.6 is 8.03 Å². The highest BCUT2D eigenvalue weighted by Gasteiger charge is 2.09. The normalized spacial score (nSPS) is 11.0. The third kappa shape index (κ3) is 9.99. The molecule has 0 aromatic heterocycles. The first-order valence-corrected chi connectivity index (χ1v) is 7.17. The van der Waals surface area contributed by atoms with Crippen LogP contribution in [0.2, 0.25) is 0 Å². The lowest BCUT2D eigenvalue weighted by Gasteiger charge is -2.08. The molecule has 0 spiro atoms. The summed E-state index contributed by atoms with van der Waals surface area (Å²) < 4.78 is 24.6. The maximum absolute atomic E-state index is 11.1. The van der Waals surface area contributed by atoms with Crippen LogP contribution in [-0.2, 0) is 23.4 Å². The van der Waals surface area contributed by atoms with Crippen LogP contribution in [0.15, 0.2) is 0 Å². The Morgan fingerprint density at radius 3 is 2.50 bits per heavy atom. The summed E-state index contributed by atoms with van der Waals surface area (Å²) in [5.74, 6) is -0.687. The number of alkyl carbamates (subject to hydrolysis) is 1. The van der Waals surface area contributed by atoms with E-state index in [9.17, 15) is 14.2 Å². The second-order valence-electron chi connectivity index (χ2n) is 3.72. The molecule has 0 aromatic rings. The van der Waals surface area contributed by atoms with E-state index in [4.69, 9.17) is 4.52 Å². The fourth-order valence-electron chi connectivity index (χ4n) is 0.814. The molecule has 0 saturated heterocycles. The molecule has 0 fully saturated rings. The molecule has 7 nitrogen and oxygen atoms in total. The lowest BCUT2D eigenvalue weighted by atomic mass is 10.2. The number of esters is 1. The van der Waals surface area contributed by atoms with E-state index >= 15 is 0 Å². The van der Waals surface area contributed by atoms with E-state index in [0.717, 1.165) is 0 Å². The summed E-state index contributed by atoms with van der Waals surface area (Å²) in [5.41, 5.74) is 0. The van der Waals surface area contributed by atoms with Gasteiger partial charge in [0.2, 0.25) is 6.79 Å². The molecule has 0 heterocycles. The summed E-state index contributed by atoms with van der Waals surface area (Å²) in [5, 5.41) is 2.43. The molecule has 0 bridgehead atoms. The summed E-state index contributed by atoms with van der Waals surface area (Å²) in [7, 11) is -1.61. The molecular weight excluding hydrogens is 261 g/mol. The monoisotopic (exact) mass is 280 g/mol. The van der Waals surface area contributed by atoms with Crippen LogP contribution in [0.5, 0.6) is 0 Å². The van der Waals surface area contributed by atoms with Gasteiger partial charge >= 0.3 is 20.1 Å². The lowest BCUT2D eigenvalue weighted by molar-refractivity contribution is -0.155. The summed E-state index contributed by atoms with van der Waals surface area (Å²) in [6.45, 7) is 5.05. The zero-order chi connectivity index (χ0) is 14.0. The van der Waals surface area contributed by atoms with Crippen molar-refractivity contribution in [3.8, 4) is 0 Å². The van der Waals surface area contributed by atoms with Gasteiger partial charge in [0.05, 0.1) is 5.92 Å². The van der Waals surface area contributed by atoms with Gasteiger partial charge in [0.15, 0.2) is 6.66 Å². The van der Waals surface area contributed by atoms with Gasteiger partial charge in [-0.1, -0.05) is 13.8 Å². The lowest BCUT2D eigenvalue weighted by Crippen LogP contribution is -2.27. The van der Waals surface area contributed by atoms with Crippen molar-refractivity contribution >= 4 is 20.1 Å². The molecule has 0 rings (SSSR count). The average molecular weight is 280 g/mol. The zero-order valence-corrected chi connectivity index (χ0v) is 11.7. The molecule has 0 aromatic carbocycles. The predicted molar refractivity (Wildman–Crippen MR) is 64.4 cm³/mol. The fourth-order valence-corrected chi connectivity index (χ4v) is 1.20. The summed E-state index contributed by atoms with van der Waals surface area (Å²) in [4.78, 5) is 22.1. The van der Waals surface area contributed by atoms with Crippen LogP contribution in [-0.4, -0.2) is 38.7 Å². The maximum atomic E-state index is 11.1. The maximum Gasteiger partial charge on any atom is 0.504 e. The van der Waals surface area contributed by atoms with Crippen molar-refractivity contribution in [2.75, 3.05) is 26.6 Å². The minimum absolute atomic E-state index is 0.259. The third-order valence-corrected chi connectivity index (χ3v) is 2.27. The first kappa shape index (κ1) is 16.8. The molecule has 0 radical (unpaired) electrons. The second kappa shape index (κ2) is 9.79. The first-order chi connectivity index (χ1) is 8.43. The van der Waals surface area contributed by atoms with Gasteiger partial charge in [0, 0.05) is 6.54 Å². The van der Waals surface area contributed by atoms with E-state index in [1.54, 1.807) is 13.8 Å². The Bertz CT molecular complexity index is 294. The van der Waals surface area contributed by atoms with Gasteiger partial charge in [-0.2, -0.15) is 0 Å². The van der Waals surface area contributed by atoms with Crippen LogP contribution in [0.3, 0.4) is 0 Å². The van der Waals surface area contributed by atoms with Gasteiger partial charge in [-0.05, 0) is 11.0 Å². The van der Waals surface area contributed by atoms with E-state index in [-0.39, 0.29) is 5.92 Å². The minimum atomic E-state index is -1.61. The van der Waals surface area contributed by atoms with Gasteiger partial charge in [0.1, 0.15) is 6.61 Å². The third-order valence-electron chi connectivity index (χ3n) is 1.73. The summed E-state index contributed by atoms with van der Waals surface area (Å²) in [6, 6.07) is 0. The Labute approximate surface area is 107 Å². The SMILES string of the molecule is CC(C)C(=O)OCOC(=O)NCCCO[P+](C)=O. The highest BCUT2D eigenvalue weighted by molar-refractivity contribution is 7.38. The van der Waals surface area contributed by atoms with Crippen molar-refractivity contribution in [3.05, 3.63) is 0 Å². The van der Waals surface area contributed by atoms with Crippen molar-refractivity contribution in [3.63, 3.8) is 0 Å². The van der Waals surface area contributed by atoms with Crippen molar-refractivity contribution in [2.45, 2.75) is 20.3 Å². The highest BCUT2D eigenvalue weighted by Crippen LogP contribution is 2.14. The largest absolute Gasteiger partial charge is 0.504 e. The number of hydrogen-bond acceptors (Lipinski definition) is 6. The molecule has 0 aliphatic rings. The predicted octanol–water partition coefficient (Wildman–Crippen LogP) is 1.65. The number of ether oxygens (including phenoxy) is 2. The topological polar surface area (TPSA) is 90.9 Å². The molecule has 8 heteroatoms. The van der Waals surface area contributed by atoms with Crippen LogP contribution in [0.4, 0.5) is 4.79 Å². The molecule has 1 unspecified atom stereocenters. The molecule has 1 N–H and O–H groups in total. The molecule has 18 heavy (non-hydrogen) atoms. The van der Waals surface area contributed by atoms with Gasteiger partial charge in [-0.15, -0.1) is 4.52 Å². The number of carbonyl (C=O) groups is 2. The quantitative estimate of drug-likeness (QED) is 0.314. The van der Waals surface area contributed by atoms with Crippen LogP contribution in [0, 0.1) is 5.92 Å². The summed E-state index contributed by atoms with van der Waals surface area (Å²) >= 11 is 0. The van der Waals surface area contributed by atoms with Gasteiger partial charge in [-0.3, -0.25) is 4.79 Å². The Hall–Kier alpha value is -1.20. The zero-order valence-electron chi connectivity index (χ0n) is 10.8. The number of amides is 1. The molecule has 1 amide bonds. The van der Waals surface area contributed by atoms with Crippen LogP contribution in [0.1, 0.15) is 20.3 Å². The average Bonchev–Trinajstić information content (AvgIpc) is 2.27. The van der Waals surface area contributed by atoms with Crippen LogP contribution < -0.4 is 5.32 Å². The number of carbonyl (C=O) groups excluding carboxylic acids is 2. The van der Waals surface area contributed by atoms with E-state index in [1.807, 2.05) is 0 Å². The van der Waals surface area contributed by atoms with Crippen molar-refractivity contribution < 1.29 is 28.2 Å². The van der Waals surface area contributed by atoms with E-state index < -0.39 is 26.9 Å². The van der Waals surface area contributed by atoms with Gasteiger partial charge in [-0.25, -0.2) is 4.79 Å². The van der Waals surface area contributed by atoms with Crippen LogP contribution in [0.25, 0.3) is 0 Å². The Balaban J connectivity index is 3.43. The number of hydrogen-bond donors (Lipinski definition) is 1. The minimum Gasteiger partial charge on any atom is -0.428 e. The van der Waals surface area contributed by atoms with Gasteiger partial charge in [0.25, 0.3) is 0 Å². The van der Waals surface area contributed by atoms with E-state index in [1.165, 1.54) is 6.66 Å². The smallest absolute Gasteiger partial charge is 0.428 e. The summed E-state index contributed by atoms with van der Waals surface area (Å²) in [6.07, 6.45) is -0.150. The van der Waals surface area contributed by atoms with Gasteiger partial charge < -0.3 is 14.8 Å². The molecule has 0 aliphatic heterocycles. The highest BCUT2D eigenvalue weighted by atomic mass is 31.1. The Morgan fingerprint density at radius 1 is 1.28 bits per heavy atom. The number of nitrogens with one attached hydrogen (secondary N) is 1. The van der Waals surface area contributed by atoms with E-state index in [0.29, 0.717) is 19.6 Å². The van der Waals surface area contributed by atoms with Crippen molar-refractivity contribution in [1.29, 1.82) is 0 Å². The first-order valence-electron chi connectivity index (χ1n) is 5.54. The van der Waals surface area contributed by atoms with Crippen molar-refractivity contribution in [1.82, 2.24) is 5.32 Å². The molecular formula is C10H19NO6P+. The standard InChI is InChI=1S/C10H18NO6P/c1-8(2)9(12)15-7-16-10(13)11-5-4-6-17-18(3)14/h8H,4-7H2,1-3H3/p+1. The Morgan fingerprint density at radius 2 is 1.94 bits per heavy atom. The Kier molecular flexibility index (Phi) is 9.14. The fraction of sp³-hybridized carbons (Fsp3) is 0.800. The second-order valence-corrected chi connectivity index (χ2v) is 4.86. The molecule has 0 aliphatic carbocycles. The number of rotatable bonds is 8. The van der Waals surface area contributed by atoms with Crippen molar-refractivity contribution in [2.24, 2.45) is 5.92 Å². The molecule has 0 saturated carbocycles. The van der Waals surface area contributed by atoms with E-state index in [2.05, 4.69) is 14.8 Å².